The Balaban J connectivity index is 0.00000228. The maximum atomic E-state index is 12.2. The molecule has 8 N–H and O–H groups in total. The highest BCUT2D eigenvalue weighted by Crippen LogP contribution is 2.68. The Bertz CT molecular complexity index is 868. The summed E-state index contributed by atoms with van der Waals surface area (Å²) in [7, 11) is -4.31. The van der Waals surface area contributed by atoms with Gasteiger partial charge in [0.1, 0.15) is 0 Å². The van der Waals surface area contributed by atoms with Gasteiger partial charge < -0.3 is 31.0 Å². The van der Waals surface area contributed by atoms with Crippen LogP contribution in [0.5, 0.6) is 0 Å². The van der Waals surface area contributed by atoms with Crippen LogP contribution in [0.25, 0.3) is 0 Å². The largest absolute Gasteiger partial charge is 0.748 e. The zero-order valence-electron chi connectivity index (χ0n) is 22.1. The highest BCUT2D eigenvalue weighted by Gasteiger charge is 2.62. The molecule has 4 saturated carbocycles. The molecule has 0 aromatic rings. The summed E-state index contributed by atoms with van der Waals surface area (Å²) in [6.07, 6.45) is 8.78. The first kappa shape index (κ1) is 31.4. The SMILES string of the molecule is C[C@H](CCC(=O)NCCS(=O)(=O)[O-])[C@H]1CC[C@H]2[C@@H]3[C@@H](O)C[C@@H]4C[C@H](O)CC[C@]4(C)[C@H]3CC[C@]12C.O.[OH3+]. The number of hydrogen-bond donors (Lipinski definition) is 3. The molecule has 0 radical (unpaired) electrons. The van der Waals surface area contributed by atoms with Crippen molar-refractivity contribution in [3.05, 3.63) is 0 Å². The first-order valence-corrected chi connectivity index (χ1v) is 15.0. The van der Waals surface area contributed by atoms with E-state index in [2.05, 4.69) is 26.1 Å². The molecule has 9 nitrogen and oxygen atoms in total. The summed E-state index contributed by atoms with van der Waals surface area (Å²) in [5, 5.41) is 24.2. The number of fused-ring (bicyclic) bond motifs is 5. The van der Waals surface area contributed by atoms with Gasteiger partial charge in [-0.3, -0.25) is 4.79 Å². The number of carbonyl (C=O) groups excluding carboxylic acids is 1. The topological polar surface area (TPSA) is 191 Å². The average Bonchev–Trinajstić information content (AvgIpc) is 3.09. The van der Waals surface area contributed by atoms with Crippen molar-refractivity contribution in [2.45, 2.75) is 97.2 Å². The fraction of sp³-hybridized carbons (Fsp3) is 0.962. The van der Waals surface area contributed by atoms with Gasteiger partial charge in [0.15, 0.2) is 0 Å². The smallest absolute Gasteiger partial charge is 0.220 e. The van der Waals surface area contributed by atoms with E-state index >= 15 is 0 Å². The third-order valence-corrected chi connectivity index (χ3v) is 11.6. The molecule has 10 heteroatoms. The van der Waals surface area contributed by atoms with Crippen molar-refractivity contribution in [1.82, 2.24) is 5.32 Å². The molecular weight excluding hydrogens is 486 g/mol. The van der Waals surface area contributed by atoms with Gasteiger partial charge in [-0.15, -0.1) is 0 Å². The van der Waals surface area contributed by atoms with Crippen molar-refractivity contribution in [3.63, 3.8) is 0 Å². The van der Waals surface area contributed by atoms with Crippen LogP contribution in [0.15, 0.2) is 0 Å². The van der Waals surface area contributed by atoms with Crippen LogP contribution in [0.4, 0.5) is 0 Å². The Morgan fingerprint density at radius 3 is 2.36 bits per heavy atom. The Morgan fingerprint density at radius 2 is 1.69 bits per heavy atom. The third kappa shape index (κ3) is 5.94. The Labute approximate surface area is 216 Å². The molecule has 0 aromatic carbocycles. The second kappa shape index (κ2) is 11.5. The molecule has 0 spiro atoms. The average molecular weight is 536 g/mol. The first-order valence-electron chi connectivity index (χ1n) is 13.4. The highest BCUT2D eigenvalue weighted by molar-refractivity contribution is 7.85. The van der Waals surface area contributed by atoms with E-state index in [4.69, 9.17) is 0 Å². The van der Waals surface area contributed by atoms with E-state index in [0.29, 0.717) is 41.9 Å². The predicted octanol–water partition coefficient (Wildman–Crippen LogP) is 1.31. The van der Waals surface area contributed by atoms with Crippen molar-refractivity contribution >= 4 is 16.0 Å². The first-order chi connectivity index (χ1) is 15.8. The van der Waals surface area contributed by atoms with Crippen LogP contribution in [-0.2, 0) is 20.4 Å². The molecule has 0 saturated heterocycles. The van der Waals surface area contributed by atoms with Gasteiger partial charge >= 0.3 is 0 Å². The van der Waals surface area contributed by atoms with Gasteiger partial charge in [-0.1, -0.05) is 20.8 Å². The van der Waals surface area contributed by atoms with E-state index in [-0.39, 0.29) is 46.4 Å². The molecule has 10 atom stereocenters. The van der Waals surface area contributed by atoms with Gasteiger partial charge in [-0.05, 0) is 104 Å². The van der Waals surface area contributed by atoms with E-state index in [1.165, 1.54) is 6.42 Å². The van der Waals surface area contributed by atoms with E-state index in [1.54, 1.807) is 0 Å². The minimum atomic E-state index is -4.31. The van der Waals surface area contributed by atoms with Gasteiger partial charge in [-0.2, -0.15) is 0 Å². The summed E-state index contributed by atoms with van der Waals surface area (Å²) in [5.41, 5.74) is 0.399. The summed E-state index contributed by atoms with van der Waals surface area (Å²) in [6, 6.07) is 0. The molecule has 36 heavy (non-hydrogen) atoms. The molecule has 1 amide bonds. The van der Waals surface area contributed by atoms with Crippen LogP contribution in [0.3, 0.4) is 0 Å². The summed E-state index contributed by atoms with van der Waals surface area (Å²) in [5.74, 6) is 1.92. The molecule has 0 bridgehead atoms. The number of nitrogens with one attached hydrogen (secondary N) is 1. The van der Waals surface area contributed by atoms with Crippen LogP contribution in [0.1, 0.15) is 85.0 Å². The maximum Gasteiger partial charge on any atom is 0.220 e. The lowest BCUT2D eigenvalue weighted by Crippen LogP contribution is -2.58. The Hall–Kier alpha value is -0.780. The second-order valence-corrected chi connectivity index (χ2v) is 14.1. The zero-order chi connectivity index (χ0) is 24.9. The summed E-state index contributed by atoms with van der Waals surface area (Å²) >= 11 is 0. The highest BCUT2D eigenvalue weighted by atomic mass is 32.2. The van der Waals surface area contributed by atoms with Gasteiger partial charge in [-0.25, -0.2) is 8.42 Å². The molecule has 0 aliphatic heterocycles. The molecular formula is C26H49NO8S. The number of carbonyl (C=O) groups is 1. The molecule has 0 unspecified atom stereocenters. The van der Waals surface area contributed by atoms with Crippen LogP contribution < -0.4 is 5.32 Å². The number of aliphatic hydroxyl groups excluding tert-OH is 2. The molecule has 4 aliphatic carbocycles. The Kier molecular flexibility index (Phi) is 10.1. The summed E-state index contributed by atoms with van der Waals surface area (Å²) < 4.78 is 32.2. The lowest BCUT2D eigenvalue weighted by atomic mass is 9.43. The molecule has 0 aromatic heterocycles. The van der Waals surface area contributed by atoms with Crippen molar-refractivity contribution in [2.75, 3.05) is 12.3 Å². The molecule has 4 aliphatic rings. The van der Waals surface area contributed by atoms with Crippen LogP contribution in [-0.4, -0.2) is 59.1 Å². The summed E-state index contributed by atoms with van der Waals surface area (Å²) in [4.78, 5) is 12.2. The third-order valence-electron chi connectivity index (χ3n) is 10.9. The van der Waals surface area contributed by atoms with Crippen LogP contribution in [0.2, 0.25) is 0 Å². The maximum absolute atomic E-state index is 12.2. The van der Waals surface area contributed by atoms with Gasteiger partial charge in [0, 0.05) is 13.0 Å². The summed E-state index contributed by atoms with van der Waals surface area (Å²) in [6.45, 7) is 6.96. The quantitative estimate of drug-likeness (QED) is 0.325. The van der Waals surface area contributed by atoms with E-state index in [0.717, 1.165) is 51.4 Å². The second-order valence-electron chi connectivity index (χ2n) is 12.6. The Morgan fingerprint density at radius 1 is 1.06 bits per heavy atom. The van der Waals surface area contributed by atoms with Gasteiger partial charge in [0.25, 0.3) is 0 Å². The lowest BCUT2D eigenvalue weighted by Gasteiger charge is -2.62. The van der Waals surface area contributed by atoms with E-state index < -0.39 is 15.9 Å². The lowest BCUT2D eigenvalue weighted by molar-refractivity contribution is -0.174. The monoisotopic (exact) mass is 535 g/mol. The van der Waals surface area contributed by atoms with Crippen LogP contribution >= 0.6 is 0 Å². The zero-order valence-corrected chi connectivity index (χ0v) is 22.9. The van der Waals surface area contributed by atoms with Crippen molar-refractivity contribution < 1.29 is 38.9 Å². The van der Waals surface area contributed by atoms with Crippen molar-refractivity contribution in [1.29, 1.82) is 0 Å². The minimum absolute atomic E-state index is 0. The molecule has 0 heterocycles. The fourth-order valence-corrected chi connectivity index (χ4v) is 9.49. The number of hydrogen-bond acceptors (Lipinski definition) is 6. The molecule has 212 valence electrons. The van der Waals surface area contributed by atoms with Crippen LogP contribution in [0, 0.1) is 46.3 Å². The van der Waals surface area contributed by atoms with Crippen molar-refractivity contribution in [3.8, 4) is 0 Å². The van der Waals surface area contributed by atoms with Gasteiger partial charge in [0.05, 0.1) is 28.1 Å². The molecule has 4 rings (SSSR count). The van der Waals surface area contributed by atoms with Crippen molar-refractivity contribution in [2.24, 2.45) is 46.3 Å². The van der Waals surface area contributed by atoms with E-state index in [1.807, 2.05) is 0 Å². The fourth-order valence-electron chi connectivity index (χ4n) is 9.14. The van der Waals surface area contributed by atoms with E-state index in [9.17, 15) is 28.0 Å². The van der Waals surface area contributed by atoms with Gasteiger partial charge in [0.2, 0.25) is 5.91 Å². The number of rotatable bonds is 7. The minimum Gasteiger partial charge on any atom is -0.748 e. The number of aliphatic hydroxyl groups is 2. The predicted molar refractivity (Wildman–Crippen MR) is 137 cm³/mol. The molecule has 4 fully saturated rings. The normalized spacial score (nSPS) is 42.6. The standard InChI is InChI=1S/C26H45NO6S.2H2O/c1-16(4-7-23(30)27-12-13-34(31,32)33)19-5-6-20-24-21(9-11-26(19,20)3)25(2)10-8-18(28)14-17(25)15-22(24)29;;/h16-22,24,28-29H,4-15H2,1-3H3,(H,27,30)(H,31,32,33);2*1H2/t16-,17+,18-,19-,20+,21+,22+,24+,25+,26-;;/m1../s1. The number of amides is 1.